The van der Waals surface area contributed by atoms with Crippen LogP contribution in [0, 0.1) is 10.1 Å². The van der Waals surface area contributed by atoms with Crippen LogP contribution in [0.4, 0.5) is 11.4 Å². The molecule has 0 aliphatic rings. The summed E-state index contributed by atoms with van der Waals surface area (Å²) >= 11 is 1.21. The van der Waals surface area contributed by atoms with Crippen LogP contribution in [0.1, 0.15) is 12.5 Å². The van der Waals surface area contributed by atoms with Gasteiger partial charge in [-0.2, -0.15) is 9.61 Å². The zero-order chi connectivity index (χ0) is 21.8. The predicted octanol–water partition coefficient (Wildman–Crippen LogP) is 3.99. The van der Waals surface area contributed by atoms with E-state index in [1.807, 2.05) is 24.3 Å². The van der Waals surface area contributed by atoms with Crippen LogP contribution in [-0.2, 0) is 11.2 Å². The zero-order valence-electron chi connectivity index (χ0n) is 16.6. The second-order valence-corrected chi connectivity index (χ2v) is 7.60. The first-order valence-electron chi connectivity index (χ1n) is 9.52. The second-order valence-electron chi connectivity index (χ2n) is 6.66. The molecule has 0 unspecified atom stereocenters. The molecular weight excluding hydrogens is 416 g/mol. The molecule has 0 saturated heterocycles. The number of non-ortho nitro benzene ring substituents is 1. The van der Waals surface area contributed by atoms with Crippen molar-refractivity contribution in [3.05, 3.63) is 76.3 Å². The summed E-state index contributed by atoms with van der Waals surface area (Å²) in [7, 11) is 0. The van der Waals surface area contributed by atoms with E-state index in [0.717, 1.165) is 17.7 Å². The van der Waals surface area contributed by atoms with E-state index < -0.39 is 4.92 Å². The van der Waals surface area contributed by atoms with E-state index in [1.165, 1.54) is 41.6 Å². The minimum Gasteiger partial charge on any atom is -0.325 e. The molecule has 0 atom stereocenters. The average molecular weight is 434 g/mol. The van der Waals surface area contributed by atoms with Crippen molar-refractivity contribution >= 4 is 34.7 Å². The van der Waals surface area contributed by atoms with Gasteiger partial charge in [0.15, 0.2) is 5.65 Å². The number of rotatable bonds is 7. The van der Waals surface area contributed by atoms with E-state index in [2.05, 4.69) is 39.7 Å². The van der Waals surface area contributed by atoms with Crippen molar-refractivity contribution in [3.8, 4) is 11.3 Å². The fraction of sp³-hybridized carbons (Fsp3) is 0.143. The maximum absolute atomic E-state index is 12.3. The molecule has 2 aromatic carbocycles. The van der Waals surface area contributed by atoms with Crippen molar-refractivity contribution in [1.82, 2.24) is 19.8 Å². The largest absolute Gasteiger partial charge is 0.325 e. The SMILES string of the molecule is CCc1ccc(-c2ccc3nnc(SCC(=O)Nc4ccc([N+](=O)[O-])cc4)n3n2)cc1. The number of amides is 1. The molecule has 0 radical (unpaired) electrons. The zero-order valence-corrected chi connectivity index (χ0v) is 17.4. The van der Waals surface area contributed by atoms with Crippen molar-refractivity contribution in [1.29, 1.82) is 0 Å². The van der Waals surface area contributed by atoms with E-state index in [4.69, 9.17) is 0 Å². The monoisotopic (exact) mass is 434 g/mol. The molecule has 31 heavy (non-hydrogen) atoms. The molecule has 9 nitrogen and oxygen atoms in total. The molecule has 156 valence electrons. The molecule has 0 fully saturated rings. The molecule has 0 saturated carbocycles. The first-order chi connectivity index (χ1) is 15.0. The number of nitrogens with one attached hydrogen (secondary N) is 1. The van der Waals surface area contributed by atoms with Gasteiger partial charge in [-0.25, -0.2) is 0 Å². The van der Waals surface area contributed by atoms with Crippen LogP contribution in [0.3, 0.4) is 0 Å². The number of aryl methyl sites for hydroxylation is 1. The lowest BCUT2D eigenvalue weighted by Gasteiger charge is -2.05. The Labute approximate surface area is 181 Å². The summed E-state index contributed by atoms with van der Waals surface area (Å²) < 4.78 is 1.62. The number of carbonyl (C=O) groups is 1. The third-order valence-corrected chi connectivity index (χ3v) is 5.51. The summed E-state index contributed by atoms with van der Waals surface area (Å²) in [5.41, 5.74) is 4.06. The lowest BCUT2D eigenvalue weighted by atomic mass is 10.1. The minimum atomic E-state index is -0.489. The van der Waals surface area contributed by atoms with Gasteiger partial charge in [-0.05, 0) is 36.2 Å². The number of hydrogen-bond donors (Lipinski definition) is 1. The second kappa shape index (κ2) is 8.92. The number of aromatic nitrogens is 4. The Bertz CT molecular complexity index is 1240. The number of carbonyl (C=O) groups excluding carboxylic acids is 1. The van der Waals surface area contributed by atoms with Gasteiger partial charge in [0.2, 0.25) is 11.1 Å². The molecule has 0 bridgehead atoms. The van der Waals surface area contributed by atoms with Crippen LogP contribution in [0.25, 0.3) is 16.9 Å². The van der Waals surface area contributed by atoms with Gasteiger partial charge in [0.05, 0.1) is 16.4 Å². The number of fused-ring (bicyclic) bond motifs is 1. The molecule has 0 aliphatic carbocycles. The molecule has 0 spiro atoms. The first kappa shape index (κ1) is 20.5. The van der Waals surface area contributed by atoms with Gasteiger partial charge in [0, 0.05) is 23.4 Å². The number of hydrogen-bond acceptors (Lipinski definition) is 7. The third kappa shape index (κ3) is 4.69. The van der Waals surface area contributed by atoms with E-state index in [0.29, 0.717) is 16.5 Å². The summed E-state index contributed by atoms with van der Waals surface area (Å²) in [6.45, 7) is 2.11. The van der Waals surface area contributed by atoms with E-state index in [9.17, 15) is 14.9 Å². The Hall–Kier alpha value is -3.79. The first-order valence-corrected chi connectivity index (χ1v) is 10.5. The van der Waals surface area contributed by atoms with E-state index in [-0.39, 0.29) is 17.3 Å². The topological polar surface area (TPSA) is 115 Å². The van der Waals surface area contributed by atoms with Crippen molar-refractivity contribution < 1.29 is 9.72 Å². The highest BCUT2D eigenvalue weighted by Crippen LogP contribution is 2.22. The third-order valence-electron chi connectivity index (χ3n) is 4.59. The summed E-state index contributed by atoms with van der Waals surface area (Å²) in [4.78, 5) is 22.5. The molecule has 1 amide bonds. The number of nitro benzene ring substituents is 1. The molecule has 10 heteroatoms. The van der Waals surface area contributed by atoms with Gasteiger partial charge in [-0.3, -0.25) is 14.9 Å². The summed E-state index contributed by atoms with van der Waals surface area (Å²) in [6, 6.07) is 17.6. The fourth-order valence-corrected chi connectivity index (χ4v) is 3.61. The summed E-state index contributed by atoms with van der Waals surface area (Å²) in [6.07, 6.45) is 0.973. The van der Waals surface area contributed by atoms with Crippen LogP contribution < -0.4 is 5.32 Å². The number of benzene rings is 2. The van der Waals surface area contributed by atoms with Gasteiger partial charge in [0.1, 0.15) is 0 Å². The Morgan fingerprint density at radius 1 is 1.06 bits per heavy atom. The van der Waals surface area contributed by atoms with Gasteiger partial charge in [-0.1, -0.05) is 43.0 Å². The molecular formula is C21H18N6O3S. The van der Waals surface area contributed by atoms with Crippen LogP contribution in [0.5, 0.6) is 0 Å². The molecule has 1 N–H and O–H groups in total. The Balaban J connectivity index is 1.45. The lowest BCUT2D eigenvalue weighted by Crippen LogP contribution is -2.14. The fourth-order valence-electron chi connectivity index (χ4n) is 2.92. The number of nitrogens with zero attached hydrogens (tertiary/aromatic N) is 5. The number of thioether (sulfide) groups is 1. The smallest absolute Gasteiger partial charge is 0.269 e. The van der Waals surface area contributed by atoms with E-state index >= 15 is 0 Å². The normalized spacial score (nSPS) is 10.9. The molecule has 0 aliphatic heterocycles. The van der Waals surface area contributed by atoms with E-state index in [1.54, 1.807) is 4.52 Å². The standard InChI is InChI=1S/C21H18N6O3S/c1-2-14-3-5-15(6-4-14)18-11-12-19-23-24-21(26(19)25-18)31-13-20(28)22-16-7-9-17(10-8-16)27(29)30/h3-12H,2,13H2,1H3,(H,22,28). The van der Waals surface area contributed by atoms with Crippen LogP contribution in [-0.4, -0.2) is 36.4 Å². The van der Waals surface area contributed by atoms with Crippen molar-refractivity contribution in [3.63, 3.8) is 0 Å². The molecule has 2 heterocycles. The highest BCUT2D eigenvalue weighted by Gasteiger charge is 2.12. The van der Waals surface area contributed by atoms with Crippen molar-refractivity contribution in [2.45, 2.75) is 18.5 Å². The molecule has 4 rings (SSSR count). The quantitative estimate of drug-likeness (QED) is 0.266. The molecule has 4 aromatic rings. The average Bonchev–Trinajstić information content (AvgIpc) is 3.20. The summed E-state index contributed by atoms with van der Waals surface area (Å²) in [5, 5.41) is 26.8. The number of nitro groups is 1. The maximum Gasteiger partial charge on any atom is 0.269 e. The van der Waals surface area contributed by atoms with Crippen molar-refractivity contribution in [2.24, 2.45) is 0 Å². The van der Waals surface area contributed by atoms with Crippen LogP contribution in [0.2, 0.25) is 0 Å². The van der Waals surface area contributed by atoms with Gasteiger partial charge < -0.3 is 5.32 Å². The van der Waals surface area contributed by atoms with Crippen LogP contribution in [0.15, 0.2) is 65.8 Å². The lowest BCUT2D eigenvalue weighted by molar-refractivity contribution is -0.384. The minimum absolute atomic E-state index is 0.0338. The highest BCUT2D eigenvalue weighted by atomic mass is 32.2. The Kier molecular flexibility index (Phi) is 5.89. The Morgan fingerprint density at radius 3 is 2.48 bits per heavy atom. The maximum atomic E-state index is 12.3. The van der Waals surface area contributed by atoms with Gasteiger partial charge in [0.25, 0.3) is 5.69 Å². The highest BCUT2D eigenvalue weighted by molar-refractivity contribution is 7.99. The Morgan fingerprint density at radius 2 is 1.81 bits per heavy atom. The van der Waals surface area contributed by atoms with Gasteiger partial charge >= 0.3 is 0 Å². The molecule has 2 aromatic heterocycles. The number of anilines is 1. The predicted molar refractivity (Wildman–Crippen MR) is 118 cm³/mol. The van der Waals surface area contributed by atoms with Crippen molar-refractivity contribution in [2.75, 3.05) is 11.1 Å². The van der Waals surface area contributed by atoms with Crippen LogP contribution >= 0.6 is 11.8 Å². The summed E-state index contributed by atoms with van der Waals surface area (Å²) in [5.74, 6) is -0.170. The van der Waals surface area contributed by atoms with Gasteiger partial charge in [-0.15, -0.1) is 10.2 Å².